The van der Waals surface area contributed by atoms with E-state index in [1.165, 1.54) is 11.8 Å². The van der Waals surface area contributed by atoms with E-state index in [1.54, 1.807) is 6.07 Å². The quantitative estimate of drug-likeness (QED) is 0.269. The van der Waals surface area contributed by atoms with Crippen molar-refractivity contribution in [3.8, 4) is 5.88 Å². The molecule has 0 amide bonds. The molecule has 3 aromatic rings. The maximum atomic E-state index is 10.5. The number of hydrogen-bond acceptors (Lipinski definition) is 8. The van der Waals surface area contributed by atoms with Gasteiger partial charge in [-0.3, -0.25) is 5.10 Å². The summed E-state index contributed by atoms with van der Waals surface area (Å²) in [5.41, 5.74) is 1.98. The zero-order valence-electron chi connectivity index (χ0n) is 15.7. The van der Waals surface area contributed by atoms with Gasteiger partial charge in [-0.25, -0.2) is 4.98 Å². The van der Waals surface area contributed by atoms with Gasteiger partial charge in [0.05, 0.1) is 6.61 Å². The Morgan fingerprint density at radius 3 is 2.68 bits per heavy atom. The molecule has 0 aliphatic carbocycles. The number of hydrogen-bond donors (Lipinski definition) is 3. The number of nitrogens with zero attached hydrogens (tertiary/aromatic N) is 3. The van der Waals surface area contributed by atoms with Crippen LogP contribution in [0.4, 0.5) is 17.3 Å². The van der Waals surface area contributed by atoms with E-state index >= 15 is 0 Å². The average molecular weight is 398 g/mol. The van der Waals surface area contributed by atoms with Gasteiger partial charge in [-0.15, -0.1) is 0 Å². The zero-order chi connectivity index (χ0) is 19.8. The molecule has 146 valence electrons. The lowest BCUT2D eigenvalue weighted by molar-refractivity contribution is -0.108. The minimum atomic E-state index is 0.414. The summed E-state index contributed by atoms with van der Waals surface area (Å²) >= 11 is 1.44. The molecular weight excluding hydrogens is 376 g/mol. The van der Waals surface area contributed by atoms with Crippen molar-refractivity contribution >= 4 is 35.4 Å². The van der Waals surface area contributed by atoms with Crippen LogP contribution in [-0.2, 0) is 4.79 Å². The highest BCUT2D eigenvalue weighted by atomic mass is 32.2. The fourth-order valence-corrected chi connectivity index (χ4v) is 3.10. The number of nitrogens with one attached hydrogen (secondary N) is 3. The molecule has 0 saturated carbocycles. The monoisotopic (exact) mass is 398 g/mol. The van der Waals surface area contributed by atoms with E-state index < -0.39 is 0 Å². The highest BCUT2D eigenvalue weighted by Crippen LogP contribution is 2.29. The van der Waals surface area contributed by atoms with Gasteiger partial charge in [-0.05, 0) is 49.4 Å². The van der Waals surface area contributed by atoms with Crippen LogP contribution in [0.1, 0.15) is 18.5 Å². The summed E-state index contributed by atoms with van der Waals surface area (Å²) in [6, 6.07) is 11.6. The standard InChI is InChI=1S/C19H22N6O2S/c1-13-11-17(25-24-13)21-16-12-18(27-10-4-3-9-26)23-19(22-16)28-15-7-5-14(20-2)6-8-15/h5-9,11-12,20H,3-4,10H2,1-2H3,(H2,21,22,23,24,25). The van der Waals surface area contributed by atoms with Crippen molar-refractivity contribution in [2.45, 2.75) is 29.8 Å². The lowest BCUT2D eigenvalue weighted by Crippen LogP contribution is -2.03. The van der Waals surface area contributed by atoms with Gasteiger partial charge in [0.1, 0.15) is 12.1 Å². The van der Waals surface area contributed by atoms with Gasteiger partial charge >= 0.3 is 0 Å². The summed E-state index contributed by atoms with van der Waals surface area (Å²) in [7, 11) is 1.88. The SMILES string of the molecule is CNc1ccc(Sc2nc(Nc3cc(C)[nH]n3)cc(OCCCC=O)n2)cc1. The molecule has 0 spiro atoms. The molecule has 0 unspecified atom stereocenters. The number of benzene rings is 1. The third-order valence-corrected chi connectivity index (χ3v) is 4.59. The smallest absolute Gasteiger partial charge is 0.219 e. The van der Waals surface area contributed by atoms with Crippen LogP contribution in [0, 0.1) is 6.92 Å². The van der Waals surface area contributed by atoms with Crippen LogP contribution < -0.4 is 15.4 Å². The van der Waals surface area contributed by atoms with Crippen molar-refractivity contribution in [2.75, 3.05) is 24.3 Å². The van der Waals surface area contributed by atoms with Crippen LogP contribution in [0.3, 0.4) is 0 Å². The lowest BCUT2D eigenvalue weighted by atomic mass is 10.3. The predicted octanol–water partition coefficient (Wildman–Crippen LogP) is 3.80. The van der Waals surface area contributed by atoms with Crippen LogP contribution in [0.2, 0.25) is 0 Å². The first-order valence-electron chi connectivity index (χ1n) is 8.86. The van der Waals surface area contributed by atoms with Crippen LogP contribution in [-0.4, -0.2) is 40.1 Å². The second-order valence-corrected chi connectivity index (χ2v) is 7.01. The normalized spacial score (nSPS) is 10.5. The van der Waals surface area contributed by atoms with E-state index in [4.69, 9.17) is 4.74 Å². The first kappa shape index (κ1) is 19.7. The van der Waals surface area contributed by atoms with Gasteiger partial charge in [0.25, 0.3) is 0 Å². The molecule has 0 aliphatic rings. The average Bonchev–Trinajstić information content (AvgIpc) is 3.10. The van der Waals surface area contributed by atoms with Crippen molar-refractivity contribution in [3.63, 3.8) is 0 Å². The molecule has 3 rings (SSSR count). The first-order chi connectivity index (χ1) is 13.7. The number of aldehydes is 1. The molecule has 3 N–H and O–H groups in total. The molecular formula is C19H22N6O2S. The van der Waals surface area contributed by atoms with Crippen molar-refractivity contribution in [3.05, 3.63) is 42.1 Å². The Kier molecular flexibility index (Phi) is 6.85. The number of aromatic nitrogens is 4. The van der Waals surface area contributed by atoms with E-state index in [2.05, 4.69) is 30.8 Å². The van der Waals surface area contributed by atoms with E-state index in [0.717, 1.165) is 22.6 Å². The number of aromatic amines is 1. The van der Waals surface area contributed by atoms with Crippen LogP contribution in [0.25, 0.3) is 0 Å². The number of carbonyl (C=O) groups is 1. The Morgan fingerprint density at radius 2 is 2.00 bits per heavy atom. The molecule has 28 heavy (non-hydrogen) atoms. The molecule has 9 heteroatoms. The summed E-state index contributed by atoms with van der Waals surface area (Å²) in [5.74, 6) is 1.70. The maximum absolute atomic E-state index is 10.5. The number of rotatable bonds is 10. The third kappa shape index (κ3) is 5.71. The largest absolute Gasteiger partial charge is 0.477 e. The topological polar surface area (TPSA) is 105 Å². The van der Waals surface area contributed by atoms with Crippen molar-refractivity contribution in [1.29, 1.82) is 0 Å². The van der Waals surface area contributed by atoms with Crippen molar-refractivity contribution < 1.29 is 9.53 Å². The molecule has 1 aromatic carbocycles. The van der Waals surface area contributed by atoms with Crippen molar-refractivity contribution in [1.82, 2.24) is 20.2 Å². The Morgan fingerprint density at radius 1 is 1.18 bits per heavy atom. The lowest BCUT2D eigenvalue weighted by Gasteiger charge is -2.10. The minimum Gasteiger partial charge on any atom is -0.477 e. The molecule has 0 saturated heterocycles. The van der Waals surface area contributed by atoms with Crippen LogP contribution >= 0.6 is 11.8 Å². The first-order valence-corrected chi connectivity index (χ1v) is 9.68. The number of aryl methyl sites for hydroxylation is 1. The predicted molar refractivity (Wildman–Crippen MR) is 110 cm³/mol. The van der Waals surface area contributed by atoms with E-state index in [0.29, 0.717) is 42.1 Å². The second-order valence-electron chi connectivity index (χ2n) is 5.97. The minimum absolute atomic E-state index is 0.414. The molecule has 0 bridgehead atoms. The number of unbranched alkanes of at least 4 members (excludes halogenated alkanes) is 1. The molecule has 8 nitrogen and oxygen atoms in total. The molecule has 0 radical (unpaired) electrons. The zero-order valence-corrected chi connectivity index (χ0v) is 16.5. The molecule has 0 aliphatic heterocycles. The highest BCUT2D eigenvalue weighted by Gasteiger charge is 2.09. The Labute approximate surface area is 167 Å². The van der Waals surface area contributed by atoms with Gasteiger partial charge in [-0.2, -0.15) is 10.1 Å². The van der Waals surface area contributed by atoms with Crippen LogP contribution in [0.5, 0.6) is 5.88 Å². The fraction of sp³-hybridized carbons (Fsp3) is 0.263. The van der Waals surface area contributed by atoms with Gasteiger partial charge < -0.3 is 20.2 Å². The number of anilines is 3. The summed E-state index contributed by atoms with van der Waals surface area (Å²) in [6.07, 6.45) is 1.98. The fourth-order valence-electron chi connectivity index (χ4n) is 2.34. The number of H-pyrrole nitrogens is 1. The number of ether oxygens (including phenoxy) is 1. The highest BCUT2D eigenvalue weighted by molar-refractivity contribution is 7.99. The molecule has 0 atom stereocenters. The molecule has 2 heterocycles. The Hall–Kier alpha value is -3.07. The summed E-state index contributed by atoms with van der Waals surface area (Å²) in [6.45, 7) is 2.34. The molecule has 0 fully saturated rings. The number of carbonyl (C=O) groups excluding carboxylic acids is 1. The van der Waals surface area contributed by atoms with E-state index in [-0.39, 0.29) is 0 Å². The summed E-state index contributed by atoms with van der Waals surface area (Å²) in [5, 5.41) is 13.9. The second kappa shape index (κ2) is 9.75. The van der Waals surface area contributed by atoms with Crippen molar-refractivity contribution in [2.24, 2.45) is 0 Å². The maximum Gasteiger partial charge on any atom is 0.219 e. The van der Waals surface area contributed by atoms with E-state index in [9.17, 15) is 4.79 Å². The van der Waals surface area contributed by atoms with Gasteiger partial charge in [-0.1, -0.05) is 0 Å². The molecule has 2 aromatic heterocycles. The van der Waals surface area contributed by atoms with Gasteiger partial charge in [0.15, 0.2) is 11.0 Å². The summed E-state index contributed by atoms with van der Waals surface area (Å²) < 4.78 is 5.70. The van der Waals surface area contributed by atoms with Gasteiger partial charge in [0, 0.05) is 41.9 Å². The van der Waals surface area contributed by atoms with Crippen LogP contribution in [0.15, 0.2) is 46.5 Å². The Bertz CT molecular complexity index is 913. The third-order valence-electron chi connectivity index (χ3n) is 3.71. The Balaban J connectivity index is 1.79. The van der Waals surface area contributed by atoms with Gasteiger partial charge in [0.2, 0.25) is 5.88 Å². The van der Waals surface area contributed by atoms with E-state index in [1.807, 2.05) is 44.3 Å². The summed E-state index contributed by atoms with van der Waals surface area (Å²) in [4.78, 5) is 20.5.